The van der Waals surface area contributed by atoms with Crippen molar-refractivity contribution in [2.24, 2.45) is 4.99 Å². The normalized spacial score (nSPS) is 10.8. The molecule has 0 saturated heterocycles. The lowest BCUT2D eigenvalue weighted by molar-refractivity contribution is 0.319. The number of ether oxygens (including phenoxy) is 1. The minimum atomic E-state index is 0. The molecule has 0 aliphatic carbocycles. The zero-order valence-electron chi connectivity index (χ0n) is 13.6. The summed E-state index contributed by atoms with van der Waals surface area (Å²) >= 11 is 1.80. The number of hydrogen-bond acceptors (Lipinski definition) is 3. The van der Waals surface area contributed by atoms with Gasteiger partial charge in [-0.25, -0.2) is 0 Å². The molecule has 6 heteroatoms. The van der Waals surface area contributed by atoms with E-state index in [9.17, 15) is 0 Å². The van der Waals surface area contributed by atoms with E-state index in [1.807, 2.05) is 37.4 Å². The lowest BCUT2D eigenvalue weighted by Gasteiger charge is -2.21. The van der Waals surface area contributed by atoms with Crippen LogP contribution in [0.2, 0.25) is 0 Å². The number of rotatable bonds is 7. The van der Waals surface area contributed by atoms with Gasteiger partial charge in [-0.05, 0) is 30.0 Å². The van der Waals surface area contributed by atoms with Gasteiger partial charge < -0.3 is 15.0 Å². The van der Waals surface area contributed by atoms with Crippen molar-refractivity contribution in [3.8, 4) is 5.75 Å². The lowest BCUT2D eigenvalue weighted by Crippen LogP contribution is -2.41. The minimum Gasteiger partial charge on any atom is -0.492 e. The predicted octanol–water partition coefficient (Wildman–Crippen LogP) is 3.49. The van der Waals surface area contributed by atoms with Gasteiger partial charge in [0.1, 0.15) is 12.4 Å². The molecule has 1 aromatic heterocycles. The van der Waals surface area contributed by atoms with Crippen molar-refractivity contribution in [1.82, 2.24) is 10.2 Å². The van der Waals surface area contributed by atoms with Gasteiger partial charge in [0.05, 0.1) is 6.54 Å². The van der Waals surface area contributed by atoms with Crippen molar-refractivity contribution in [2.75, 3.05) is 33.8 Å². The van der Waals surface area contributed by atoms with Crippen LogP contribution < -0.4 is 10.1 Å². The molecule has 0 saturated carbocycles. The third-order valence-electron chi connectivity index (χ3n) is 3.24. The fourth-order valence-electron chi connectivity index (χ4n) is 2.07. The Morgan fingerprint density at radius 1 is 1.22 bits per heavy atom. The topological polar surface area (TPSA) is 36.9 Å². The van der Waals surface area contributed by atoms with Gasteiger partial charge in [0.2, 0.25) is 0 Å². The van der Waals surface area contributed by atoms with E-state index >= 15 is 0 Å². The number of likely N-dealkylation sites (N-methyl/N-ethyl adjacent to an activating group) is 1. The van der Waals surface area contributed by atoms with E-state index in [2.05, 4.69) is 39.8 Å². The van der Waals surface area contributed by atoms with E-state index in [-0.39, 0.29) is 24.0 Å². The maximum absolute atomic E-state index is 5.67. The third-order valence-corrected chi connectivity index (χ3v) is 4.18. The summed E-state index contributed by atoms with van der Waals surface area (Å²) in [6, 6.07) is 14.1. The number of halogens is 1. The van der Waals surface area contributed by atoms with Crippen molar-refractivity contribution in [2.45, 2.75) is 6.42 Å². The molecule has 0 bridgehead atoms. The first-order valence-corrected chi connectivity index (χ1v) is 8.29. The van der Waals surface area contributed by atoms with E-state index in [4.69, 9.17) is 4.74 Å². The average Bonchev–Trinajstić information content (AvgIpc) is 3.07. The van der Waals surface area contributed by atoms with E-state index in [0.717, 1.165) is 31.2 Å². The molecule has 0 radical (unpaired) electrons. The second-order valence-corrected chi connectivity index (χ2v) is 5.92. The summed E-state index contributed by atoms with van der Waals surface area (Å²) in [7, 11) is 3.86. The van der Waals surface area contributed by atoms with Crippen LogP contribution >= 0.6 is 35.3 Å². The molecule has 23 heavy (non-hydrogen) atoms. The zero-order chi connectivity index (χ0) is 15.6. The van der Waals surface area contributed by atoms with Gasteiger partial charge >= 0.3 is 0 Å². The monoisotopic (exact) mass is 445 g/mol. The largest absolute Gasteiger partial charge is 0.492 e. The molecule has 4 nitrogen and oxygen atoms in total. The maximum atomic E-state index is 5.67. The van der Waals surface area contributed by atoms with Gasteiger partial charge in [-0.1, -0.05) is 24.3 Å². The summed E-state index contributed by atoms with van der Waals surface area (Å²) in [6.07, 6.45) is 1.04. The standard InChI is InChI=1S/C17H23N3OS.HI/c1-18-17(20(2)12-10-16-9-6-14-22-16)19-11-13-21-15-7-4-3-5-8-15;/h3-9,14H,10-13H2,1-2H3,(H,18,19);1H. The fraction of sp³-hybridized carbons (Fsp3) is 0.353. The Hall–Kier alpha value is -1.28. The summed E-state index contributed by atoms with van der Waals surface area (Å²) in [5, 5.41) is 5.44. The molecule has 2 aromatic rings. The van der Waals surface area contributed by atoms with E-state index in [0.29, 0.717) is 6.61 Å². The van der Waals surface area contributed by atoms with Crippen molar-refractivity contribution in [3.63, 3.8) is 0 Å². The first-order valence-electron chi connectivity index (χ1n) is 7.41. The summed E-state index contributed by atoms with van der Waals surface area (Å²) in [4.78, 5) is 7.85. The molecule has 1 N–H and O–H groups in total. The Morgan fingerprint density at radius 3 is 2.65 bits per heavy atom. The van der Waals surface area contributed by atoms with Crippen LogP contribution in [-0.2, 0) is 6.42 Å². The van der Waals surface area contributed by atoms with Gasteiger partial charge in [-0.3, -0.25) is 4.99 Å². The summed E-state index contributed by atoms with van der Waals surface area (Å²) < 4.78 is 5.67. The van der Waals surface area contributed by atoms with Crippen molar-refractivity contribution in [3.05, 3.63) is 52.7 Å². The molecule has 2 rings (SSSR count). The number of benzene rings is 1. The fourth-order valence-corrected chi connectivity index (χ4v) is 2.77. The molecule has 1 heterocycles. The number of aliphatic imine (C=N–C) groups is 1. The first kappa shape index (κ1) is 19.8. The first-order chi connectivity index (χ1) is 10.8. The van der Waals surface area contributed by atoms with Crippen LogP contribution in [0.3, 0.4) is 0 Å². The summed E-state index contributed by atoms with van der Waals surface area (Å²) in [6.45, 7) is 2.28. The SMILES string of the molecule is CN=C(NCCOc1ccccc1)N(C)CCc1cccs1.I. The van der Waals surface area contributed by atoms with Gasteiger partial charge in [-0.2, -0.15) is 0 Å². The van der Waals surface area contributed by atoms with E-state index < -0.39 is 0 Å². The number of hydrogen-bond donors (Lipinski definition) is 1. The van der Waals surface area contributed by atoms with Gasteiger partial charge in [0.25, 0.3) is 0 Å². The molecular formula is C17H24IN3OS. The molecule has 0 aliphatic rings. The minimum absolute atomic E-state index is 0. The van der Waals surface area contributed by atoms with Crippen LogP contribution in [0.1, 0.15) is 4.88 Å². The number of guanidine groups is 1. The highest BCUT2D eigenvalue weighted by atomic mass is 127. The van der Waals surface area contributed by atoms with Gasteiger partial charge in [0, 0.05) is 25.5 Å². The maximum Gasteiger partial charge on any atom is 0.193 e. The van der Waals surface area contributed by atoms with Gasteiger partial charge in [0.15, 0.2) is 5.96 Å². The molecule has 0 spiro atoms. The highest BCUT2D eigenvalue weighted by molar-refractivity contribution is 14.0. The van der Waals surface area contributed by atoms with E-state index in [1.54, 1.807) is 11.3 Å². The number of nitrogens with one attached hydrogen (secondary N) is 1. The number of para-hydroxylation sites is 1. The third kappa shape index (κ3) is 7.22. The summed E-state index contributed by atoms with van der Waals surface area (Å²) in [5.41, 5.74) is 0. The Kier molecular flexibility index (Phi) is 9.70. The van der Waals surface area contributed by atoms with Crippen molar-refractivity contribution < 1.29 is 4.74 Å². The summed E-state index contributed by atoms with van der Waals surface area (Å²) in [5.74, 6) is 1.79. The number of nitrogens with zero attached hydrogens (tertiary/aromatic N) is 2. The Bertz CT molecular complexity index is 560. The Balaban J connectivity index is 0.00000264. The molecule has 0 aliphatic heterocycles. The molecular weight excluding hydrogens is 421 g/mol. The van der Waals surface area contributed by atoms with Crippen LogP contribution in [0.25, 0.3) is 0 Å². The van der Waals surface area contributed by atoms with Crippen LogP contribution in [-0.4, -0.2) is 44.7 Å². The molecule has 0 atom stereocenters. The second-order valence-electron chi connectivity index (χ2n) is 4.89. The molecule has 0 amide bonds. The smallest absolute Gasteiger partial charge is 0.193 e. The van der Waals surface area contributed by atoms with Crippen LogP contribution in [0, 0.1) is 0 Å². The molecule has 126 valence electrons. The van der Waals surface area contributed by atoms with Crippen molar-refractivity contribution in [1.29, 1.82) is 0 Å². The Morgan fingerprint density at radius 2 is 2.00 bits per heavy atom. The van der Waals surface area contributed by atoms with Crippen LogP contribution in [0.15, 0.2) is 52.8 Å². The van der Waals surface area contributed by atoms with E-state index in [1.165, 1.54) is 4.88 Å². The van der Waals surface area contributed by atoms with Crippen molar-refractivity contribution >= 4 is 41.3 Å². The predicted molar refractivity (Wildman–Crippen MR) is 109 cm³/mol. The number of thiophene rings is 1. The Labute approximate surface area is 159 Å². The second kappa shape index (κ2) is 11.3. The molecule has 1 aromatic carbocycles. The molecule has 0 fully saturated rings. The lowest BCUT2D eigenvalue weighted by atomic mass is 10.3. The molecule has 0 unspecified atom stereocenters. The van der Waals surface area contributed by atoms with Crippen LogP contribution in [0.4, 0.5) is 0 Å². The zero-order valence-corrected chi connectivity index (χ0v) is 16.7. The quantitative estimate of drug-likeness (QED) is 0.307. The average molecular weight is 445 g/mol. The highest BCUT2D eigenvalue weighted by Crippen LogP contribution is 2.09. The highest BCUT2D eigenvalue weighted by Gasteiger charge is 2.05. The van der Waals surface area contributed by atoms with Crippen LogP contribution in [0.5, 0.6) is 5.75 Å². The van der Waals surface area contributed by atoms with Gasteiger partial charge in [-0.15, -0.1) is 35.3 Å².